The first kappa shape index (κ1) is 11.1. The summed E-state index contributed by atoms with van der Waals surface area (Å²) in [6.45, 7) is 1.89. The second kappa shape index (κ2) is 5.02. The summed E-state index contributed by atoms with van der Waals surface area (Å²) in [5.74, 6) is -0.210. The summed E-state index contributed by atoms with van der Waals surface area (Å²) in [7, 11) is 0. The number of aliphatic hydroxyl groups is 1. The highest BCUT2D eigenvalue weighted by Crippen LogP contribution is 2.09. The maximum Gasteiger partial charge on any atom is 0.267 e. The SMILES string of the molecule is CC(CCO)NC(=O)c1cc(Cl)c[nH]1. The van der Waals surface area contributed by atoms with E-state index in [0.717, 1.165) is 0 Å². The Labute approximate surface area is 87.3 Å². The molecule has 1 aromatic rings. The van der Waals surface area contributed by atoms with Gasteiger partial charge in [0, 0.05) is 18.8 Å². The highest BCUT2D eigenvalue weighted by molar-refractivity contribution is 6.30. The summed E-state index contributed by atoms with van der Waals surface area (Å²) in [5.41, 5.74) is 0.430. The Bertz CT molecular complexity index is 312. The van der Waals surface area contributed by atoms with Gasteiger partial charge in [0.2, 0.25) is 0 Å². The van der Waals surface area contributed by atoms with Crippen LogP contribution < -0.4 is 5.32 Å². The molecule has 0 bridgehead atoms. The fraction of sp³-hybridized carbons (Fsp3) is 0.444. The molecule has 0 aliphatic heterocycles. The second-order valence-corrected chi connectivity index (χ2v) is 3.55. The maximum atomic E-state index is 11.5. The van der Waals surface area contributed by atoms with E-state index in [1.807, 2.05) is 6.92 Å². The van der Waals surface area contributed by atoms with Crippen molar-refractivity contribution >= 4 is 17.5 Å². The summed E-state index contributed by atoms with van der Waals surface area (Å²) < 4.78 is 0. The molecule has 1 unspecified atom stereocenters. The molecule has 0 saturated heterocycles. The summed E-state index contributed by atoms with van der Waals surface area (Å²) in [6, 6.07) is 1.51. The average Bonchev–Trinajstić information content (AvgIpc) is 2.52. The molecule has 4 nitrogen and oxygen atoms in total. The summed E-state index contributed by atoms with van der Waals surface area (Å²) in [5, 5.41) is 11.9. The van der Waals surface area contributed by atoms with Crippen molar-refractivity contribution in [1.82, 2.24) is 10.3 Å². The van der Waals surface area contributed by atoms with Gasteiger partial charge in [-0.1, -0.05) is 11.6 Å². The van der Waals surface area contributed by atoms with E-state index in [1.54, 1.807) is 12.3 Å². The zero-order valence-corrected chi connectivity index (χ0v) is 8.64. The van der Waals surface area contributed by atoms with E-state index >= 15 is 0 Å². The minimum absolute atomic E-state index is 0.0467. The normalized spacial score (nSPS) is 12.5. The van der Waals surface area contributed by atoms with Crippen molar-refractivity contribution in [1.29, 1.82) is 0 Å². The zero-order chi connectivity index (χ0) is 10.6. The Kier molecular flexibility index (Phi) is 3.98. The maximum absolute atomic E-state index is 11.5. The molecule has 5 heteroatoms. The van der Waals surface area contributed by atoms with Gasteiger partial charge in [-0.3, -0.25) is 4.79 Å². The molecular formula is C9H13ClN2O2. The van der Waals surface area contributed by atoms with Crippen LogP contribution >= 0.6 is 11.6 Å². The quantitative estimate of drug-likeness (QED) is 0.708. The Hall–Kier alpha value is -1.00. The smallest absolute Gasteiger partial charge is 0.267 e. The van der Waals surface area contributed by atoms with Crippen molar-refractivity contribution in [3.8, 4) is 0 Å². The molecule has 0 aromatic carbocycles. The largest absolute Gasteiger partial charge is 0.396 e. The third-order valence-corrected chi connectivity index (χ3v) is 2.05. The zero-order valence-electron chi connectivity index (χ0n) is 7.88. The minimum atomic E-state index is -0.210. The first-order valence-corrected chi connectivity index (χ1v) is 4.77. The number of halogens is 1. The number of aliphatic hydroxyl groups excluding tert-OH is 1. The van der Waals surface area contributed by atoms with Gasteiger partial charge in [0.15, 0.2) is 0 Å². The van der Waals surface area contributed by atoms with Gasteiger partial charge < -0.3 is 15.4 Å². The van der Waals surface area contributed by atoms with Crippen LogP contribution in [0.15, 0.2) is 12.3 Å². The third-order valence-electron chi connectivity index (χ3n) is 1.83. The molecule has 14 heavy (non-hydrogen) atoms. The first-order chi connectivity index (χ1) is 6.63. The molecular weight excluding hydrogens is 204 g/mol. The number of carbonyl (C=O) groups excluding carboxylic acids is 1. The summed E-state index contributed by atoms with van der Waals surface area (Å²) >= 11 is 5.65. The number of hydrogen-bond donors (Lipinski definition) is 3. The van der Waals surface area contributed by atoms with Crippen LogP contribution in [0.25, 0.3) is 0 Å². The third kappa shape index (κ3) is 3.05. The number of aromatic amines is 1. The first-order valence-electron chi connectivity index (χ1n) is 4.39. The average molecular weight is 217 g/mol. The van der Waals surface area contributed by atoms with Gasteiger partial charge in [-0.25, -0.2) is 0 Å². The molecule has 1 amide bonds. The molecule has 1 rings (SSSR count). The van der Waals surface area contributed by atoms with Crippen LogP contribution in [-0.4, -0.2) is 28.6 Å². The lowest BCUT2D eigenvalue weighted by molar-refractivity contribution is 0.0930. The van der Waals surface area contributed by atoms with Crippen LogP contribution in [0.3, 0.4) is 0 Å². The van der Waals surface area contributed by atoms with Gasteiger partial charge in [-0.2, -0.15) is 0 Å². The number of H-pyrrole nitrogens is 1. The van der Waals surface area contributed by atoms with E-state index < -0.39 is 0 Å². The van der Waals surface area contributed by atoms with E-state index in [0.29, 0.717) is 17.1 Å². The monoisotopic (exact) mass is 216 g/mol. The van der Waals surface area contributed by atoms with Gasteiger partial charge in [-0.15, -0.1) is 0 Å². The van der Waals surface area contributed by atoms with E-state index in [1.165, 1.54) is 0 Å². The lowest BCUT2D eigenvalue weighted by Crippen LogP contribution is -2.33. The lowest BCUT2D eigenvalue weighted by Gasteiger charge is -2.10. The minimum Gasteiger partial charge on any atom is -0.396 e. The Morgan fingerprint density at radius 3 is 3.00 bits per heavy atom. The van der Waals surface area contributed by atoms with Gasteiger partial charge in [0.05, 0.1) is 5.02 Å². The molecule has 0 fully saturated rings. The summed E-state index contributed by atoms with van der Waals surface area (Å²) in [6.07, 6.45) is 2.09. The molecule has 78 valence electrons. The molecule has 0 spiro atoms. The van der Waals surface area contributed by atoms with Crippen molar-refractivity contribution in [2.24, 2.45) is 0 Å². The van der Waals surface area contributed by atoms with Crippen molar-refractivity contribution < 1.29 is 9.90 Å². The van der Waals surface area contributed by atoms with Crippen LogP contribution in [0.5, 0.6) is 0 Å². The van der Waals surface area contributed by atoms with E-state index in [2.05, 4.69) is 10.3 Å². The Morgan fingerprint density at radius 2 is 2.50 bits per heavy atom. The van der Waals surface area contributed by atoms with Crippen molar-refractivity contribution in [2.45, 2.75) is 19.4 Å². The molecule has 3 N–H and O–H groups in total. The van der Waals surface area contributed by atoms with Crippen molar-refractivity contribution in [2.75, 3.05) is 6.61 Å². The predicted molar refractivity (Wildman–Crippen MR) is 54.4 cm³/mol. The molecule has 0 aliphatic rings. The number of carbonyl (C=O) groups is 1. The predicted octanol–water partition coefficient (Wildman–Crippen LogP) is 1.17. The second-order valence-electron chi connectivity index (χ2n) is 3.12. The lowest BCUT2D eigenvalue weighted by atomic mass is 10.2. The number of rotatable bonds is 4. The number of nitrogens with one attached hydrogen (secondary N) is 2. The molecule has 1 atom stereocenters. The number of hydrogen-bond acceptors (Lipinski definition) is 2. The topological polar surface area (TPSA) is 65.1 Å². The van der Waals surface area contributed by atoms with Crippen LogP contribution in [0.2, 0.25) is 5.02 Å². The van der Waals surface area contributed by atoms with Crippen LogP contribution in [-0.2, 0) is 0 Å². The fourth-order valence-corrected chi connectivity index (χ4v) is 1.23. The molecule has 0 radical (unpaired) electrons. The van der Waals surface area contributed by atoms with E-state index in [4.69, 9.17) is 16.7 Å². The van der Waals surface area contributed by atoms with Gasteiger partial charge in [0.1, 0.15) is 5.69 Å². The van der Waals surface area contributed by atoms with E-state index in [-0.39, 0.29) is 18.6 Å². The molecule has 0 aliphatic carbocycles. The molecule has 0 saturated carbocycles. The standard InChI is InChI=1S/C9H13ClN2O2/c1-6(2-3-13)12-9(14)8-4-7(10)5-11-8/h4-6,11,13H,2-3H2,1H3,(H,12,14). The summed E-state index contributed by atoms with van der Waals surface area (Å²) in [4.78, 5) is 14.2. The van der Waals surface area contributed by atoms with Gasteiger partial charge in [0.25, 0.3) is 5.91 Å². The van der Waals surface area contributed by atoms with E-state index in [9.17, 15) is 4.79 Å². The fourth-order valence-electron chi connectivity index (χ4n) is 1.07. The Balaban J connectivity index is 2.50. The number of amides is 1. The Morgan fingerprint density at radius 1 is 1.79 bits per heavy atom. The van der Waals surface area contributed by atoms with Crippen LogP contribution in [0.4, 0.5) is 0 Å². The van der Waals surface area contributed by atoms with Crippen molar-refractivity contribution in [3.63, 3.8) is 0 Å². The highest BCUT2D eigenvalue weighted by atomic mass is 35.5. The van der Waals surface area contributed by atoms with Gasteiger partial charge in [-0.05, 0) is 19.4 Å². The van der Waals surface area contributed by atoms with Gasteiger partial charge >= 0.3 is 0 Å². The van der Waals surface area contributed by atoms with Crippen LogP contribution in [0.1, 0.15) is 23.8 Å². The molecule has 1 aromatic heterocycles. The highest BCUT2D eigenvalue weighted by Gasteiger charge is 2.10. The number of aromatic nitrogens is 1. The molecule has 1 heterocycles. The van der Waals surface area contributed by atoms with Crippen LogP contribution in [0, 0.1) is 0 Å². The van der Waals surface area contributed by atoms with Crippen molar-refractivity contribution in [3.05, 3.63) is 23.0 Å².